The summed E-state index contributed by atoms with van der Waals surface area (Å²) in [7, 11) is 0. The first kappa shape index (κ1) is 17.1. The molecule has 0 aliphatic heterocycles. The van der Waals surface area contributed by atoms with E-state index in [0.29, 0.717) is 11.7 Å². The predicted molar refractivity (Wildman–Crippen MR) is 92.1 cm³/mol. The summed E-state index contributed by atoms with van der Waals surface area (Å²) >= 11 is 0. The van der Waals surface area contributed by atoms with Crippen LogP contribution in [0.4, 0.5) is 0 Å². The molecule has 1 aliphatic rings. The summed E-state index contributed by atoms with van der Waals surface area (Å²) in [6.07, 6.45) is 10.9. The zero-order chi connectivity index (χ0) is 17.0. The number of hydrogen-bond acceptors (Lipinski definition) is 3. The predicted octanol–water partition coefficient (Wildman–Crippen LogP) is 4.82. The smallest absolute Gasteiger partial charge is 0.168 e. The van der Waals surface area contributed by atoms with E-state index < -0.39 is 5.54 Å². The largest absolute Gasteiger partial charge is 0.454 e. The van der Waals surface area contributed by atoms with Gasteiger partial charge in [-0.25, -0.2) is 4.68 Å². The van der Waals surface area contributed by atoms with Crippen molar-refractivity contribution < 1.29 is 4.74 Å². The Morgan fingerprint density at radius 3 is 2.78 bits per heavy atom. The monoisotopic (exact) mass is 311 g/mol. The Hall–Kier alpha value is -2.28. The number of hydrogen-bond donors (Lipinski definition) is 0. The molecule has 0 aromatic carbocycles. The molecular weight excluding hydrogens is 286 g/mol. The molecule has 0 N–H and O–H groups in total. The third-order valence-electron chi connectivity index (χ3n) is 3.84. The molecule has 2 rings (SSSR count). The molecule has 1 saturated carbocycles. The fraction of sp³-hybridized carbons (Fsp3) is 0.474. The van der Waals surface area contributed by atoms with Crippen molar-refractivity contribution in [2.75, 3.05) is 0 Å². The lowest BCUT2D eigenvalue weighted by molar-refractivity contribution is 0.409. The number of nitriles is 1. The van der Waals surface area contributed by atoms with E-state index in [1.54, 1.807) is 10.8 Å². The van der Waals surface area contributed by atoms with Gasteiger partial charge in [-0.15, -0.1) is 0 Å². The van der Waals surface area contributed by atoms with Crippen LogP contribution in [0.3, 0.4) is 0 Å². The second kappa shape index (κ2) is 6.87. The van der Waals surface area contributed by atoms with E-state index in [2.05, 4.69) is 30.7 Å². The molecule has 1 aromatic heterocycles. The highest BCUT2D eigenvalue weighted by Gasteiger charge is 2.33. The Morgan fingerprint density at radius 1 is 1.57 bits per heavy atom. The fourth-order valence-corrected chi connectivity index (χ4v) is 2.29. The van der Waals surface area contributed by atoms with Crippen LogP contribution < -0.4 is 4.74 Å². The van der Waals surface area contributed by atoms with Gasteiger partial charge in [-0.2, -0.15) is 10.4 Å². The SMILES string of the molecule is C=C/C(=C\C(C)=C/CC)Oc1cn(C(C)(C)C#N)nc1C1CC1. The molecule has 1 fully saturated rings. The van der Waals surface area contributed by atoms with Crippen LogP contribution in [0.15, 0.2) is 42.3 Å². The summed E-state index contributed by atoms with van der Waals surface area (Å²) in [5.74, 6) is 1.87. The van der Waals surface area contributed by atoms with Gasteiger partial charge in [0, 0.05) is 5.92 Å². The zero-order valence-electron chi connectivity index (χ0n) is 14.5. The van der Waals surface area contributed by atoms with Crippen LogP contribution in [-0.2, 0) is 5.54 Å². The van der Waals surface area contributed by atoms with Crippen LogP contribution in [0, 0.1) is 11.3 Å². The third-order valence-corrected chi connectivity index (χ3v) is 3.84. The van der Waals surface area contributed by atoms with Gasteiger partial charge in [-0.05, 0) is 52.2 Å². The molecule has 4 heteroatoms. The maximum Gasteiger partial charge on any atom is 0.168 e. The summed E-state index contributed by atoms with van der Waals surface area (Å²) in [5.41, 5.74) is 1.39. The van der Waals surface area contributed by atoms with Crippen molar-refractivity contribution in [3.63, 3.8) is 0 Å². The summed E-state index contributed by atoms with van der Waals surface area (Å²) in [4.78, 5) is 0. The first-order chi connectivity index (χ1) is 10.9. The van der Waals surface area contributed by atoms with Gasteiger partial charge < -0.3 is 4.74 Å². The van der Waals surface area contributed by atoms with Gasteiger partial charge in [0.05, 0.1) is 12.3 Å². The summed E-state index contributed by atoms with van der Waals surface area (Å²) in [6.45, 7) is 11.7. The van der Waals surface area contributed by atoms with Crippen LogP contribution in [0.25, 0.3) is 0 Å². The minimum Gasteiger partial charge on any atom is -0.454 e. The van der Waals surface area contributed by atoms with E-state index in [1.807, 2.05) is 33.0 Å². The summed E-state index contributed by atoms with van der Waals surface area (Å²) in [5, 5.41) is 13.9. The van der Waals surface area contributed by atoms with Crippen molar-refractivity contribution in [3.05, 3.63) is 48.0 Å². The molecule has 0 saturated heterocycles. The molecule has 1 aliphatic carbocycles. The van der Waals surface area contributed by atoms with Crippen molar-refractivity contribution in [2.24, 2.45) is 0 Å². The fourth-order valence-electron chi connectivity index (χ4n) is 2.29. The molecule has 1 heterocycles. The van der Waals surface area contributed by atoms with Crippen LogP contribution in [0.1, 0.15) is 58.6 Å². The molecule has 0 bridgehead atoms. The molecule has 0 unspecified atom stereocenters. The van der Waals surface area contributed by atoms with Gasteiger partial charge in [-0.1, -0.05) is 25.2 Å². The number of allylic oxidation sites excluding steroid dienone is 4. The normalized spacial score (nSPS) is 16.1. The molecule has 4 nitrogen and oxygen atoms in total. The van der Waals surface area contributed by atoms with Crippen molar-refractivity contribution in [1.29, 1.82) is 5.26 Å². The maximum atomic E-state index is 9.32. The number of rotatable bonds is 7. The van der Waals surface area contributed by atoms with Gasteiger partial charge in [0.15, 0.2) is 5.75 Å². The van der Waals surface area contributed by atoms with Crippen molar-refractivity contribution in [3.8, 4) is 11.8 Å². The van der Waals surface area contributed by atoms with Crippen LogP contribution in [0.5, 0.6) is 5.75 Å². The number of nitrogens with zero attached hydrogens (tertiary/aromatic N) is 3. The lowest BCUT2D eigenvalue weighted by Gasteiger charge is -2.15. The van der Waals surface area contributed by atoms with E-state index >= 15 is 0 Å². The Morgan fingerprint density at radius 2 is 2.26 bits per heavy atom. The van der Waals surface area contributed by atoms with Gasteiger partial charge in [0.25, 0.3) is 0 Å². The quantitative estimate of drug-likeness (QED) is 0.535. The molecule has 0 spiro atoms. The summed E-state index contributed by atoms with van der Waals surface area (Å²) in [6, 6.07) is 2.27. The maximum absolute atomic E-state index is 9.32. The van der Waals surface area contributed by atoms with Crippen LogP contribution in [0.2, 0.25) is 0 Å². The van der Waals surface area contributed by atoms with Crippen molar-refractivity contribution in [2.45, 2.75) is 58.4 Å². The molecule has 1 aromatic rings. The highest BCUT2D eigenvalue weighted by atomic mass is 16.5. The first-order valence-corrected chi connectivity index (χ1v) is 8.11. The third kappa shape index (κ3) is 4.13. The van der Waals surface area contributed by atoms with Crippen molar-refractivity contribution >= 4 is 0 Å². The standard InChI is InChI=1S/C19H25N3O/c1-6-8-14(3)11-16(7-2)23-17-12-22(19(4,5)13-20)21-18(17)15-9-10-15/h7-8,11-12,15H,2,6,9-10H2,1,3-5H3/b14-8-,16-11+. The van der Waals surface area contributed by atoms with Crippen LogP contribution >= 0.6 is 0 Å². The summed E-state index contributed by atoms with van der Waals surface area (Å²) < 4.78 is 7.74. The minimum absolute atomic E-state index is 0.444. The highest BCUT2D eigenvalue weighted by Crippen LogP contribution is 2.44. The average molecular weight is 311 g/mol. The van der Waals surface area contributed by atoms with Gasteiger partial charge in [-0.3, -0.25) is 0 Å². The Bertz CT molecular complexity index is 682. The molecular formula is C19H25N3O. The molecule has 0 radical (unpaired) electrons. The second-order valence-corrected chi connectivity index (χ2v) is 6.48. The number of aromatic nitrogens is 2. The van der Waals surface area contributed by atoms with Gasteiger partial charge >= 0.3 is 0 Å². The Labute approximate surface area is 138 Å². The van der Waals surface area contributed by atoms with E-state index in [-0.39, 0.29) is 0 Å². The minimum atomic E-state index is -0.693. The number of ether oxygens (including phenoxy) is 1. The van der Waals surface area contributed by atoms with Gasteiger partial charge in [0.1, 0.15) is 17.0 Å². The zero-order valence-corrected chi connectivity index (χ0v) is 14.5. The average Bonchev–Trinajstić information content (AvgIpc) is 3.27. The van der Waals surface area contributed by atoms with E-state index in [0.717, 1.165) is 36.3 Å². The van der Waals surface area contributed by atoms with Gasteiger partial charge in [0.2, 0.25) is 0 Å². The lowest BCUT2D eigenvalue weighted by atomic mass is 10.1. The van der Waals surface area contributed by atoms with E-state index in [1.165, 1.54) is 0 Å². The highest BCUT2D eigenvalue weighted by molar-refractivity contribution is 5.36. The Kier molecular flexibility index (Phi) is 5.10. The van der Waals surface area contributed by atoms with E-state index in [9.17, 15) is 5.26 Å². The first-order valence-electron chi connectivity index (χ1n) is 8.11. The molecule has 0 amide bonds. The second-order valence-electron chi connectivity index (χ2n) is 6.48. The molecule has 0 atom stereocenters. The van der Waals surface area contributed by atoms with E-state index in [4.69, 9.17) is 4.74 Å². The Balaban J connectivity index is 2.33. The lowest BCUT2D eigenvalue weighted by Crippen LogP contribution is -2.24. The molecule has 23 heavy (non-hydrogen) atoms. The van der Waals surface area contributed by atoms with Crippen LogP contribution in [-0.4, -0.2) is 9.78 Å². The topological polar surface area (TPSA) is 50.8 Å². The molecule has 122 valence electrons. The van der Waals surface area contributed by atoms with Crippen molar-refractivity contribution in [1.82, 2.24) is 9.78 Å².